The monoisotopic (exact) mass is 727 g/mol. The molecule has 0 radical (unpaired) electrons. The summed E-state index contributed by atoms with van der Waals surface area (Å²) in [6.07, 6.45) is 2.19. The fourth-order valence-corrected chi connectivity index (χ4v) is 8.93. The van der Waals surface area contributed by atoms with E-state index in [-0.39, 0.29) is 0 Å². The van der Waals surface area contributed by atoms with E-state index in [1.807, 2.05) is 12.1 Å². The van der Waals surface area contributed by atoms with Crippen molar-refractivity contribution >= 4 is 65.4 Å². The van der Waals surface area contributed by atoms with Crippen LogP contribution in [0.25, 0.3) is 105 Å². The molecule has 0 fully saturated rings. The predicted octanol–water partition coefficient (Wildman–Crippen LogP) is 13.1. The van der Waals surface area contributed by atoms with Gasteiger partial charge in [0.1, 0.15) is 0 Å². The molecule has 12 rings (SSSR count). The molecular formula is C52H33N5. The second kappa shape index (κ2) is 12.4. The number of nitrogens with zero attached hydrogens (tertiary/aromatic N) is 5. The number of hydrogen-bond donors (Lipinski definition) is 0. The molecule has 4 heterocycles. The summed E-state index contributed by atoms with van der Waals surface area (Å²) in [5, 5.41) is 7.11. The molecule has 0 unspecified atom stereocenters. The first kappa shape index (κ1) is 31.6. The third-order valence-corrected chi connectivity index (χ3v) is 11.5. The van der Waals surface area contributed by atoms with Crippen molar-refractivity contribution in [1.29, 1.82) is 0 Å². The van der Waals surface area contributed by atoms with Gasteiger partial charge in [0.15, 0.2) is 5.82 Å². The fraction of sp³-hybridized carbons (Fsp3) is 0. The summed E-state index contributed by atoms with van der Waals surface area (Å²) < 4.78 is 7.14. The third-order valence-electron chi connectivity index (χ3n) is 11.5. The van der Waals surface area contributed by atoms with Crippen LogP contribution in [0.3, 0.4) is 0 Å². The zero-order valence-electron chi connectivity index (χ0n) is 30.8. The molecular weight excluding hydrogens is 695 g/mol. The predicted molar refractivity (Wildman–Crippen MR) is 236 cm³/mol. The second-order valence-electron chi connectivity index (χ2n) is 14.7. The molecule has 0 N–H and O–H groups in total. The number of hydrogen-bond acceptors (Lipinski definition) is 2. The Bertz CT molecular complexity index is 3500. The van der Waals surface area contributed by atoms with Crippen molar-refractivity contribution < 1.29 is 0 Å². The lowest BCUT2D eigenvalue weighted by Crippen LogP contribution is -1.98. The number of fused-ring (bicyclic) bond motifs is 9. The van der Waals surface area contributed by atoms with Crippen LogP contribution in [0.2, 0.25) is 0 Å². The van der Waals surface area contributed by atoms with Crippen molar-refractivity contribution in [1.82, 2.24) is 23.7 Å². The fourth-order valence-electron chi connectivity index (χ4n) is 8.93. The number of rotatable bonds is 5. The standard InChI is InChI=1S/C52H33N5/c1-4-15-34(16-5-1)50-41-24-10-12-25-45(41)53-52(54-50)35-17-14-22-38(31-35)57-49-33-48-43(39-23-11-13-26-47(39)56(48)37-20-8-3-9-21-37)32-44(49)40-27-28-46-42(51(40)57)29-30-55(46)36-18-6-2-7-19-36/h1-33H. The smallest absolute Gasteiger partial charge is 0.160 e. The van der Waals surface area contributed by atoms with Crippen LogP contribution in [0.1, 0.15) is 0 Å². The quantitative estimate of drug-likeness (QED) is 0.177. The van der Waals surface area contributed by atoms with E-state index < -0.39 is 0 Å². The summed E-state index contributed by atoms with van der Waals surface area (Å²) in [6, 6.07) is 69.1. The summed E-state index contributed by atoms with van der Waals surface area (Å²) in [5.41, 5.74) is 13.0. The van der Waals surface area contributed by atoms with Crippen molar-refractivity contribution in [2.24, 2.45) is 0 Å². The largest absolute Gasteiger partial charge is 0.316 e. The maximum atomic E-state index is 5.26. The van der Waals surface area contributed by atoms with Crippen LogP contribution in [0, 0.1) is 0 Å². The molecule has 0 bridgehead atoms. The van der Waals surface area contributed by atoms with Crippen molar-refractivity contribution in [2.75, 3.05) is 0 Å². The van der Waals surface area contributed by atoms with Gasteiger partial charge in [-0.05, 0) is 72.8 Å². The molecule has 0 atom stereocenters. The molecule has 0 aliphatic heterocycles. The average molecular weight is 728 g/mol. The molecule has 12 aromatic rings. The van der Waals surface area contributed by atoms with Gasteiger partial charge >= 0.3 is 0 Å². The SMILES string of the molecule is c1ccc(-c2nc(-c3cccc(-n4c5cc6c(cc5c5ccc7c(ccn7-c7ccccc7)c54)c4ccccc4n6-c4ccccc4)c3)nc3ccccc23)cc1. The van der Waals surface area contributed by atoms with E-state index in [2.05, 4.69) is 202 Å². The highest BCUT2D eigenvalue weighted by Crippen LogP contribution is 2.42. The Morgan fingerprint density at radius 1 is 0.333 bits per heavy atom. The molecule has 5 nitrogen and oxygen atoms in total. The van der Waals surface area contributed by atoms with Crippen LogP contribution in [0.5, 0.6) is 0 Å². The third kappa shape index (κ3) is 4.82. The van der Waals surface area contributed by atoms with Crippen LogP contribution in [-0.2, 0) is 0 Å². The lowest BCUT2D eigenvalue weighted by Gasteiger charge is -2.13. The van der Waals surface area contributed by atoms with Crippen molar-refractivity contribution in [2.45, 2.75) is 0 Å². The van der Waals surface area contributed by atoms with Gasteiger partial charge in [0.05, 0.1) is 38.8 Å². The van der Waals surface area contributed by atoms with Crippen LogP contribution in [0.4, 0.5) is 0 Å². The van der Waals surface area contributed by atoms with Crippen LogP contribution >= 0.6 is 0 Å². The molecule has 266 valence electrons. The van der Waals surface area contributed by atoms with E-state index in [1.54, 1.807) is 0 Å². The molecule has 0 saturated heterocycles. The average Bonchev–Trinajstić information content (AvgIpc) is 3.96. The topological polar surface area (TPSA) is 40.6 Å². The first-order valence-corrected chi connectivity index (χ1v) is 19.3. The zero-order valence-corrected chi connectivity index (χ0v) is 30.8. The highest BCUT2D eigenvalue weighted by atomic mass is 15.0. The summed E-state index contributed by atoms with van der Waals surface area (Å²) >= 11 is 0. The Morgan fingerprint density at radius 2 is 0.982 bits per heavy atom. The van der Waals surface area contributed by atoms with Crippen molar-refractivity contribution in [3.05, 3.63) is 200 Å². The zero-order chi connectivity index (χ0) is 37.5. The molecule has 0 aliphatic rings. The van der Waals surface area contributed by atoms with Crippen molar-refractivity contribution in [3.8, 4) is 39.7 Å². The minimum Gasteiger partial charge on any atom is -0.316 e. The first-order valence-electron chi connectivity index (χ1n) is 19.3. The molecule has 57 heavy (non-hydrogen) atoms. The minimum atomic E-state index is 0.696. The Balaban J connectivity index is 1.17. The van der Waals surface area contributed by atoms with Crippen LogP contribution in [0.15, 0.2) is 200 Å². The van der Waals surface area contributed by atoms with Gasteiger partial charge < -0.3 is 13.7 Å². The van der Waals surface area contributed by atoms with Gasteiger partial charge in [-0.2, -0.15) is 0 Å². The maximum Gasteiger partial charge on any atom is 0.160 e. The van der Waals surface area contributed by atoms with Crippen molar-refractivity contribution in [3.63, 3.8) is 0 Å². The maximum absolute atomic E-state index is 5.26. The lowest BCUT2D eigenvalue weighted by atomic mass is 10.1. The van der Waals surface area contributed by atoms with Gasteiger partial charge in [-0.1, -0.05) is 121 Å². The highest BCUT2D eigenvalue weighted by molar-refractivity contribution is 6.23. The molecule has 0 spiro atoms. The summed E-state index contributed by atoms with van der Waals surface area (Å²) in [7, 11) is 0. The van der Waals surface area contributed by atoms with Gasteiger partial charge in [-0.15, -0.1) is 0 Å². The van der Waals surface area contributed by atoms with Gasteiger partial charge in [-0.25, -0.2) is 9.97 Å². The summed E-state index contributed by atoms with van der Waals surface area (Å²) in [6.45, 7) is 0. The molecule has 4 aromatic heterocycles. The van der Waals surface area contributed by atoms with Gasteiger partial charge in [-0.3, -0.25) is 0 Å². The lowest BCUT2D eigenvalue weighted by molar-refractivity contribution is 1.13. The van der Waals surface area contributed by atoms with E-state index in [0.29, 0.717) is 5.82 Å². The van der Waals surface area contributed by atoms with Crippen LogP contribution < -0.4 is 0 Å². The van der Waals surface area contributed by atoms with Gasteiger partial charge in [0, 0.05) is 66.7 Å². The summed E-state index contributed by atoms with van der Waals surface area (Å²) in [5.74, 6) is 0.696. The van der Waals surface area contributed by atoms with E-state index in [4.69, 9.17) is 9.97 Å². The minimum absolute atomic E-state index is 0.696. The molecule has 0 saturated carbocycles. The highest BCUT2D eigenvalue weighted by Gasteiger charge is 2.21. The Hall–Kier alpha value is -7.76. The van der Waals surface area contributed by atoms with E-state index in [9.17, 15) is 0 Å². The van der Waals surface area contributed by atoms with E-state index >= 15 is 0 Å². The van der Waals surface area contributed by atoms with Gasteiger partial charge in [0.2, 0.25) is 0 Å². The normalized spacial score (nSPS) is 11.9. The Labute approximate surface area is 328 Å². The number of para-hydroxylation sites is 4. The Kier molecular flexibility index (Phi) is 6.86. The number of benzene rings is 8. The summed E-state index contributed by atoms with van der Waals surface area (Å²) in [4.78, 5) is 10.4. The molecule has 0 aliphatic carbocycles. The van der Waals surface area contributed by atoms with E-state index in [0.717, 1.165) is 55.8 Å². The molecule has 0 amide bonds. The number of aromatic nitrogens is 5. The van der Waals surface area contributed by atoms with E-state index in [1.165, 1.54) is 43.5 Å². The van der Waals surface area contributed by atoms with Crippen LogP contribution in [-0.4, -0.2) is 23.7 Å². The first-order chi connectivity index (χ1) is 28.3. The molecule has 5 heteroatoms. The van der Waals surface area contributed by atoms with Gasteiger partial charge in [0.25, 0.3) is 0 Å². The molecule has 8 aromatic carbocycles. The second-order valence-corrected chi connectivity index (χ2v) is 14.7. The Morgan fingerprint density at radius 3 is 1.81 bits per heavy atom.